The van der Waals surface area contributed by atoms with Crippen molar-refractivity contribution in [2.45, 2.75) is 32.6 Å². The maximum atomic E-state index is 11.8. The molecule has 2 rings (SSSR count). The largest absolute Gasteiger partial charge is 0.442 e. The SMILES string of the molecule is CC(C)(C)OC(=O)N1OC1c1cc(Cl)cc(Cl)c1Cl. The van der Waals surface area contributed by atoms with Crippen LogP contribution in [-0.4, -0.2) is 16.8 Å². The summed E-state index contributed by atoms with van der Waals surface area (Å²) in [5.41, 5.74) is -0.0615. The number of amides is 1. The van der Waals surface area contributed by atoms with E-state index in [9.17, 15) is 4.79 Å². The molecule has 0 spiro atoms. The van der Waals surface area contributed by atoms with Crippen molar-refractivity contribution in [3.8, 4) is 0 Å². The van der Waals surface area contributed by atoms with Crippen LogP contribution in [0.3, 0.4) is 0 Å². The highest BCUT2D eigenvalue weighted by molar-refractivity contribution is 6.43. The number of benzene rings is 1. The molecule has 1 unspecified atom stereocenters. The Kier molecular flexibility index (Phi) is 3.89. The molecule has 1 amide bonds. The summed E-state index contributed by atoms with van der Waals surface area (Å²) in [6.07, 6.45) is -1.19. The smallest absolute Gasteiger partial charge is 0.437 e. The van der Waals surface area contributed by atoms with Gasteiger partial charge in [-0.25, -0.2) is 9.63 Å². The molecule has 1 aromatic rings. The Morgan fingerprint density at radius 1 is 1.32 bits per heavy atom. The normalized spacial score (nSPS) is 18.4. The topological polar surface area (TPSA) is 41.8 Å². The zero-order chi connectivity index (χ0) is 14.4. The van der Waals surface area contributed by atoms with Gasteiger partial charge in [-0.2, -0.15) is 0 Å². The molecule has 104 valence electrons. The van der Waals surface area contributed by atoms with E-state index in [0.29, 0.717) is 20.6 Å². The van der Waals surface area contributed by atoms with E-state index in [4.69, 9.17) is 44.4 Å². The Labute approximate surface area is 126 Å². The van der Waals surface area contributed by atoms with Crippen molar-refractivity contribution in [1.29, 1.82) is 0 Å². The third-order valence-electron chi connectivity index (χ3n) is 2.24. The van der Waals surface area contributed by atoms with Gasteiger partial charge in [0.1, 0.15) is 5.60 Å². The molecule has 0 aromatic heterocycles. The summed E-state index contributed by atoms with van der Waals surface area (Å²) in [4.78, 5) is 16.9. The Morgan fingerprint density at radius 2 is 1.95 bits per heavy atom. The first-order valence-corrected chi connectivity index (χ1v) is 6.66. The van der Waals surface area contributed by atoms with E-state index in [1.165, 1.54) is 6.07 Å². The van der Waals surface area contributed by atoms with Gasteiger partial charge in [0, 0.05) is 10.6 Å². The summed E-state index contributed by atoms with van der Waals surface area (Å²) in [7, 11) is 0. The van der Waals surface area contributed by atoms with Gasteiger partial charge in [-0.1, -0.05) is 34.8 Å². The second-order valence-corrected chi connectivity index (χ2v) is 6.28. The summed E-state index contributed by atoms with van der Waals surface area (Å²) < 4.78 is 5.17. The highest BCUT2D eigenvalue weighted by Crippen LogP contribution is 2.44. The van der Waals surface area contributed by atoms with Crippen LogP contribution in [0, 0.1) is 0 Å². The molecule has 0 bridgehead atoms. The average molecular weight is 325 g/mol. The lowest BCUT2D eigenvalue weighted by Gasteiger charge is -2.18. The maximum absolute atomic E-state index is 11.8. The van der Waals surface area contributed by atoms with Crippen LogP contribution in [0.1, 0.15) is 32.6 Å². The Morgan fingerprint density at radius 3 is 2.53 bits per heavy atom. The van der Waals surface area contributed by atoms with Gasteiger partial charge in [0.15, 0.2) is 0 Å². The zero-order valence-electron chi connectivity index (χ0n) is 10.5. The molecular weight excluding hydrogens is 312 g/mol. The van der Waals surface area contributed by atoms with Gasteiger partial charge in [-0.15, -0.1) is 5.06 Å². The zero-order valence-corrected chi connectivity index (χ0v) is 12.8. The molecule has 0 saturated carbocycles. The van der Waals surface area contributed by atoms with E-state index in [0.717, 1.165) is 5.06 Å². The summed E-state index contributed by atoms with van der Waals surface area (Å²) in [6.45, 7) is 5.31. The number of carbonyl (C=O) groups is 1. The molecule has 1 heterocycles. The van der Waals surface area contributed by atoms with Crippen LogP contribution in [0.5, 0.6) is 0 Å². The molecule has 1 aliphatic rings. The lowest BCUT2D eigenvalue weighted by molar-refractivity contribution is 0.0209. The van der Waals surface area contributed by atoms with E-state index in [1.54, 1.807) is 26.8 Å². The van der Waals surface area contributed by atoms with Gasteiger partial charge in [0.25, 0.3) is 0 Å². The minimum Gasteiger partial charge on any atom is -0.442 e. The highest BCUT2D eigenvalue weighted by Gasteiger charge is 2.46. The van der Waals surface area contributed by atoms with Gasteiger partial charge in [0.05, 0.1) is 10.0 Å². The Bertz CT molecular complexity index is 528. The fraction of sp³-hybridized carbons (Fsp3) is 0.417. The summed E-state index contributed by atoms with van der Waals surface area (Å²) in [6, 6.07) is 3.12. The minimum atomic E-state index is -0.612. The number of nitrogens with zero attached hydrogens (tertiary/aromatic N) is 1. The summed E-state index contributed by atoms with van der Waals surface area (Å²) in [5, 5.41) is 2.12. The van der Waals surface area contributed by atoms with Crippen molar-refractivity contribution >= 4 is 40.9 Å². The minimum absolute atomic E-state index is 0.308. The van der Waals surface area contributed by atoms with E-state index in [2.05, 4.69) is 0 Å². The van der Waals surface area contributed by atoms with Crippen LogP contribution in [0.4, 0.5) is 4.79 Å². The van der Waals surface area contributed by atoms with E-state index in [-0.39, 0.29) is 0 Å². The highest BCUT2D eigenvalue weighted by atomic mass is 35.5. The number of halogens is 3. The van der Waals surface area contributed by atoms with Crippen molar-refractivity contribution < 1.29 is 14.4 Å². The molecular formula is C12H12Cl3NO3. The standard InChI is InChI=1S/C12H12Cl3NO3/c1-12(2,3)18-11(17)16-10(19-16)7-4-6(13)5-8(14)9(7)15/h4-5,10H,1-3H3. The van der Waals surface area contributed by atoms with Crippen molar-refractivity contribution in [1.82, 2.24) is 5.06 Å². The second-order valence-electron chi connectivity index (χ2n) is 5.05. The van der Waals surface area contributed by atoms with Crippen molar-refractivity contribution in [2.24, 2.45) is 0 Å². The third-order valence-corrected chi connectivity index (χ3v) is 3.28. The van der Waals surface area contributed by atoms with E-state index >= 15 is 0 Å². The number of hydrogen-bond donors (Lipinski definition) is 0. The van der Waals surface area contributed by atoms with Crippen molar-refractivity contribution in [2.75, 3.05) is 0 Å². The van der Waals surface area contributed by atoms with Crippen molar-refractivity contribution in [3.63, 3.8) is 0 Å². The molecule has 19 heavy (non-hydrogen) atoms. The monoisotopic (exact) mass is 323 g/mol. The number of hydroxylamine groups is 2. The number of rotatable bonds is 1. The predicted molar refractivity (Wildman–Crippen MR) is 73.4 cm³/mol. The molecule has 0 N–H and O–H groups in total. The Balaban J connectivity index is 2.13. The molecule has 1 fully saturated rings. The van der Waals surface area contributed by atoms with Crippen LogP contribution in [-0.2, 0) is 9.57 Å². The first kappa shape index (κ1) is 14.7. The van der Waals surface area contributed by atoms with Gasteiger partial charge in [-0.3, -0.25) is 0 Å². The van der Waals surface area contributed by atoms with E-state index < -0.39 is 17.9 Å². The molecule has 1 aliphatic heterocycles. The molecule has 0 radical (unpaired) electrons. The third kappa shape index (κ3) is 3.45. The lowest BCUT2D eigenvalue weighted by Crippen LogP contribution is -2.27. The molecule has 1 saturated heterocycles. The van der Waals surface area contributed by atoms with Gasteiger partial charge >= 0.3 is 6.09 Å². The Hall–Kier alpha value is -0.680. The second kappa shape index (κ2) is 5.02. The predicted octanol–water partition coefficient (Wildman–Crippen LogP) is 4.83. The fourth-order valence-corrected chi connectivity index (χ4v) is 2.18. The van der Waals surface area contributed by atoms with Crippen LogP contribution < -0.4 is 0 Å². The molecule has 1 atom stereocenters. The number of carbonyl (C=O) groups excluding carboxylic acids is 1. The maximum Gasteiger partial charge on any atom is 0.437 e. The fourth-order valence-electron chi connectivity index (χ4n) is 1.46. The number of ether oxygens (including phenoxy) is 1. The van der Waals surface area contributed by atoms with Gasteiger partial charge < -0.3 is 4.74 Å². The van der Waals surface area contributed by atoms with Crippen LogP contribution >= 0.6 is 34.8 Å². The molecule has 7 heteroatoms. The quantitative estimate of drug-likeness (QED) is 0.549. The van der Waals surface area contributed by atoms with Crippen LogP contribution in [0.2, 0.25) is 15.1 Å². The molecule has 4 nitrogen and oxygen atoms in total. The first-order valence-electron chi connectivity index (χ1n) is 5.52. The molecule has 0 aliphatic carbocycles. The summed E-state index contributed by atoms with van der Waals surface area (Å²) >= 11 is 17.9. The van der Waals surface area contributed by atoms with E-state index in [1.807, 2.05) is 0 Å². The lowest BCUT2D eigenvalue weighted by atomic mass is 10.2. The first-order chi connectivity index (χ1) is 8.69. The van der Waals surface area contributed by atoms with Crippen molar-refractivity contribution in [3.05, 3.63) is 32.8 Å². The number of hydrogen-bond acceptors (Lipinski definition) is 3. The van der Waals surface area contributed by atoms with Crippen LogP contribution in [0.25, 0.3) is 0 Å². The van der Waals surface area contributed by atoms with Gasteiger partial charge in [0.2, 0.25) is 6.23 Å². The van der Waals surface area contributed by atoms with Gasteiger partial charge in [-0.05, 0) is 32.9 Å². The average Bonchev–Trinajstić information content (AvgIpc) is 3.00. The summed E-state index contributed by atoms with van der Waals surface area (Å²) in [5.74, 6) is 0. The van der Waals surface area contributed by atoms with Crippen LogP contribution in [0.15, 0.2) is 12.1 Å². The molecule has 1 aromatic carbocycles.